The zero-order valence-electron chi connectivity index (χ0n) is 12.1. The van der Waals surface area contributed by atoms with Gasteiger partial charge < -0.3 is 10.2 Å². The van der Waals surface area contributed by atoms with Crippen molar-refractivity contribution < 1.29 is 19.8 Å². The predicted molar refractivity (Wildman–Crippen MR) is 82.7 cm³/mol. The Morgan fingerprint density at radius 2 is 1.41 bits per heavy atom. The molecule has 0 radical (unpaired) electrons. The lowest BCUT2D eigenvalue weighted by Gasteiger charge is -2.23. The normalized spacial score (nSPS) is 13.3. The zero-order valence-corrected chi connectivity index (χ0v) is 12.1. The van der Waals surface area contributed by atoms with Gasteiger partial charge in [0.05, 0.1) is 12.3 Å². The molecular formula is C18H18O4. The van der Waals surface area contributed by atoms with E-state index in [1.165, 1.54) is 0 Å². The maximum absolute atomic E-state index is 11.6. The van der Waals surface area contributed by atoms with Crippen LogP contribution in [0.5, 0.6) is 0 Å². The van der Waals surface area contributed by atoms with Gasteiger partial charge in [0, 0.05) is 5.92 Å². The summed E-state index contributed by atoms with van der Waals surface area (Å²) < 4.78 is 0. The molecule has 0 aliphatic carbocycles. The molecule has 2 N–H and O–H groups in total. The van der Waals surface area contributed by atoms with Crippen molar-refractivity contribution in [1.82, 2.24) is 0 Å². The molecule has 2 atom stereocenters. The highest BCUT2D eigenvalue weighted by atomic mass is 16.4. The highest BCUT2D eigenvalue weighted by Gasteiger charge is 2.31. The minimum Gasteiger partial charge on any atom is -0.481 e. The van der Waals surface area contributed by atoms with Crippen LogP contribution in [0.25, 0.3) is 0 Å². The van der Waals surface area contributed by atoms with Gasteiger partial charge in [-0.15, -0.1) is 0 Å². The van der Waals surface area contributed by atoms with Crippen LogP contribution in [0, 0.1) is 5.92 Å². The molecular weight excluding hydrogens is 280 g/mol. The van der Waals surface area contributed by atoms with E-state index in [1.807, 2.05) is 60.7 Å². The van der Waals surface area contributed by atoms with Crippen molar-refractivity contribution in [1.29, 1.82) is 0 Å². The molecule has 22 heavy (non-hydrogen) atoms. The van der Waals surface area contributed by atoms with Crippen LogP contribution in [-0.4, -0.2) is 22.2 Å². The third-order valence-electron chi connectivity index (χ3n) is 3.72. The molecule has 0 saturated carbocycles. The van der Waals surface area contributed by atoms with Crippen molar-refractivity contribution in [3.05, 3.63) is 71.8 Å². The summed E-state index contributed by atoms with van der Waals surface area (Å²) >= 11 is 0. The number of rotatable bonds is 7. The molecule has 114 valence electrons. The fraction of sp³-hybridized carbons (Fsp3) is 0.222. The van der Waals surface area contributed by atoms with E-state index in [1.54, 1.807) is 0 Å². The monoisotopic (exact) mass is 298 g/mol. The predicted octanol–water partition coefficient (Wildman–Crippen LogP) is 3.19. The van der Waals surface area contributed by atoms with Crippen LogP contribution in [0.4, 0.5) is 0 Å². The van der Waals surface area contributed by atoms with Crippen molar-refractivity contribution in [2.45, 2.75) is 18.8 Å². The number of aliphatic carboxylic acids is 2. The standard InChI is InChI=1S/C18H18O4/c19-17(20)12-16(18(21)22)15(14-9-5-2-6-10-14)11-13-7-3-1-4-8-13/h1-10,15-16H,11-12H2,(H,19,20)(H,21,22)/t15-,16+/m0/s1. The van der Waals surface area contributed by atoms with E-state index in [2.05, 4.69) is 0 Å². The van der Waals surface area contributed by atoms with Crippen LogP contribution in [-0.2, 0) is 16.0 Å². The van der Waals surface area contributed by atoms with Crippen LogP contribution in [0.15, 0.2) is 60.7 Å². The van der Waals surface area contributed by atoms with Gasteiger partial charge in [-0.2, -0.15) is 0 Å². The SMILES string of the molecule is O=C(O)C[C@@H](C(=O)O)[C@@H](Cc1ccccc1)c1ccccc1. The van der Waals surface area contributed by atoms with Gasteiger partial charge in [-0.3, -0.25) is 9.59 Å². The number of carboxylic acids is 2. The Morgan fingerprint density at radius 3 is 1.91 bits per heavy atom. The first-order chi connectivity index (χ1) is 10.6. The summed E-state index contributed by atoms with van der Waals surface area (Å²) in [5, 5.41) is 18.5. The van der Waals surface area contributed by atoms with Crippen molar-refractivity contribution in [2.75, 3.05) is 0 Å². The third-order valence-corrected chi connectivity index (χ3v) is 3.72. The second-order valence-corrected chi connectivity index (χ2v) is 5.25. The maximum atomic E-state index is 11.6. The second kappa shape index (κ2) is 7.41. The fourth-order valence-corrected chi connectivity index (χ4v) is 2.65. The molecule has 0 unspecified atom stereocenters. The van der Waals surface area contributed by atoms with Gasteiger partial charge in [-0.05, 0) is 17.5 Å². The Kier molecular flexibility index (Phi) is 5.31. The Hall–Kier alpha value is -2.62. The van der Waals surface area contributed by atoms with Gasteiger partial charge in [-0.25, -0.2) is 0 Å². The minimum absolute atomic E-state index is 0.378. The highest BCUT2D eigenvalue weighted by Crippen LogP contribution is 2.31. The molecule has 0 aliphatic heterocycles. The average Bonchev–Trinajstić information content (AvgIpc) is 2.52. The smallest absolute Gasteiger partial charge is 0.307 e. The molecule has 0 aromatic heterocycles. The van der Waals surface area contributed by atoms with Crippen molar-refractivity contribution >= 4 is 11.9 Å². The second-order valence-electron chi connectivity index (χ2n) is 5.25. The van der Waals surface area contributed by atoms with E-state index in [-0.39, 0.29) is 12.3 Å². The molecule has 0 spiro atoms. The molecule has 2 aromatic carbocycles. The summed E-state index contributed by atoms with van der Waals surface area (Å²) in [6.07, 6.45) is 0.108. The van der Waals surface area contributed by atoms with Crippen LogP contribution in [0.3, 0.4) is 0 Å². The first-order valence-corrected chi connectivity index (χ1v) is 7.11. The maximum Gasteiger partial charge on any atom is 0.307 e. The highest BCUT2D eigenvalue weighted by molar-refractivity contribution is 5.78. The van der Waals surface area contributed by atoms with E-state index in [9.17, 15) is 14.7 Å². The molecule has 0 bridgehead atoms. The molecule has 2 rings (SSSR count). The quantitative estimate of drug-likeness (QED) is 0.823. The Bertz CT molecular complexity index is 622. The van der Waals surface area contributed by atoms with E-state index in [0.29, 0.717) is 6.42 Å². The fourth-order valence-electron chi connectivity index (χ4n) is 2.65. The summed E-state index contributed by atoms with van der Waals surface area (Å²) in [6.45, 7) is 0. The van der Waals surface area contributed by atoms with Gasteiger partial charge in [0.1, 0.15) is 0 Å². The number of hydrogen-bond acceptors (Lipinski definition) is 2. The lowest BCUT2D eigenvalue weighted by atomic mass is 9.80. The first-order valence-electron chi connectivity index (χ1n) is 7.11. The largest absolute Gasteiger partial charge is 0.481 e. The third kappa shape index (κ3) is 4.19. The summed E-state index contributed by atoms with van der Waals surface area (Å²) in [5.74, 6) is -3.51. The molecule has 0 amide bonds. The Morgan fingerprint density at radius 1 is 0.864 bits per heavy atom. The molecule has 4 nitrogen and oxygen atoms in total. The summed E-state index contributed by atoms with van der Waals surface area (Å²) in [5.41, 5.74) is 1.84. The molecule has 0 aliphatic rings. The zero-order chi connectivity index (χ0) is 15.9. The minimum atomic E-state index is -1.10. The van der Waals surface area contributed by atoms with Gasteiger partial charge in [0.15, 0.2) is 0 Å². The molecule has 0 saturated heterocycles. The first kappa shape index (κ1) is 15.8. The van der Waals surface area contributed by atoms with Gasteiger partial charge in [0.25, 0.3) is 0 Å². The number of hydrogen-bond donors (Lipinski definition) is 2. The Labute approximate surface area is 129 Å². The van der Waals surface area contributed by atoms with Crippen molar-refractivity contribution in [2.24, 2.45) is 5.92 Å². The van der Waals surface area contributed by atoms with E-state index < -0.39 is 17.9 Å². The number of carbonyl (C=O) groups is 2. The van der Waals surface area contributed by atoms with E-state index >= 15 is 0 Å². The van der Waals surface area contributed by atoms with Gasteiger partial charge in [0.2, 0.25) is 0 Å². The Balaban J connectivity index is 2.35. The van der Waals surface area contributed by atoms with Crippen molar-refractivity contribution in [3.8, 4) is 0 Å². The van der Waals surface area contributed by atoms with Crippen LogP contribution < -0.4 is 0 Å². The molecule has 4 heteroatoms. The average molecular weight is 298 g/mol. The lowest BCUT2D eigenvalue weighted by molar-refractivity contribution is -0.149. The molecule has 0 heterocycles. The lowest BCUT2D eigenvalue weighted by Crippen LogP contribution is -2.26. The van der Waals surface area contributed by atoms with Crippen molar-refractivity contribution in [3.63, 3.8) is 0 Å². The van der Waals surface area contributed by atoms with Gasteiger partial charge >= 0.3 is 11.9 Å². The van der Waals surface area contributed by atoms with Crippen LogP contribution >= 0.6 is 0 Å². The summed E-state index contributed by atoms with van der Waals surface area (Å²) in [4.78, 5) is 22.6. The summed E-state index contributed by atoms with van der Waals surface area (Å²) in [6, 6.07) is 18.8. The molecule has 0 fully saturated rings. The topological polar surface area (TPSA) is 74.6 Å². The van der Waals surface area contributed by atoms with Crippen LogP contribution in [0.2, 0.25) is 0 Å². The van der Waals surface area contributed by atoms with Gasteiger partial charge in [-0.1, -0.05) is 60.7 Å². The van der Waals surface area contributed by atoms with Crippen LogP contribution in [0.1, 0.15) is 23.5 Å². The number of benzene rings is 2. The van der Waals surface area contributed by atoms with E-state index in [4.69, 9.17) is 5.11 Å². The molecule has 2 aromatic rings. The number of carboxylic acid groups (broad SMARTS) is 2. The van der Waals surface area contributed by atoms with E-state index in [0.717, 1.165) is 11.1 Å². The summed E-state index contributed by atoms with van der Waals surface area (Å²) in [7, 11) is 0.